The molecule has 1 aliphatic rings. The van der Waals surface area contributed by atoms with Crippen molar-refractivity contribution in [3.63, 3.8) is 0 Å². The Bertz CT molecular complexity index is 1120. The second-order valence-electron chi connectivity index (χ2n) is 7.32. The SMILES string of the molecule is NC(=O)c1cc(Cc2n[nH]c(=O)c3ccccc23)ccc1C1CCC(=O)CC1. The molecular formula is C22H21N3O3. The Labute approximate surface area is 161 Å². The Kier molecular flexibility index (Phi) is 4.77. The van der Waals surface area contributed by atoms with E-state index in [4.69, 9.17) is 5.73 Å². The molecule has 3 N–H and O–H groups in total. The molecule has 2 aromatic carbocycles. The minimum absolute atomic E-state index is 0.182. The van der Waals surface area contributed by atoms with Gasteiger partial charge in [-0.1, -0.05) is 30.3 Å². The summed E-state index contributed by atoms with van der Waals surface area (Å²) in [7, 11) is 0. The molecule has 28 heavy (non-hydrogen) atoms. The third-order valence-corrected chi connectivity index (χ3v) is 5.51. The summed E-state index contributed by atoms with van der Waals surface area (Å²) in [5.41, 5.74) is 8.49. The van der Waals surface area contributed by atoms with Crippen molar-refractivity contribution in [2.24, 2.45) is 5.73 Å². The van der Waals surface area contributed by atoms with Crippen LogP contribution < -0.4 is 11.3 Å². The van der Waals surface area contributed by atoms with Crippen molar-refractivity contribution < 1.29 is 9.59 Å². The van der Waals surface area contributed by atoms with Gasteiger partial charge in [0.25, 0.3) is 5.56 Å². The Morgan fingerprint density at radius 1 is 1.07 bits per heavy atom. The van der Waals surface area contributed by atoms with Crippen LogP contribution in [-0.4, -0.2) is 21.9 Å². The second-order valence-corrected chi connectivity index (χ2v) is 7.32. The lowest BCUT2D eigenvalue weighted by Crippen LogP contribution is -2.19. The highest BCUT2D eigenvalue weighted by atomic mass is 16.1. The van der Waals surface area contributed by atoms with Crippen molar-refractivity contribution in [1.82, 2.24) is 10.2 Å². The van der Waals surface area contributed by atoms with Gasteiger partial charge in [0.05, 0.1) is 11.1 Å². The van der Waals surface area contributed by atoms with Crippen LogP contribution in [0.3, 0.4) is 0 Å². The highest BCUT2D eigenvalue weighted by Gasteiger charge is 2.24. The molecule has 0 unspecified atom stereocenters. The van der Waals surface area contributed by atoms with Crippen LogP contribution in [-0.2, 0) is 11.2 Å². The van der Waals surface area contributed by atoms with Crippen molar-refractivity contribution in [2.45, 2.75) is 38.0 Å². The first kappa shape index (κ1) is 18.1. The number of Topliss-reactive ketones (excluding diaryl/α,β-unsaturated/α-hetero) is 1. The fourth-order valence-electron chi connectivity index (χ4n) is 4.03. The van der Waals surface area contributed by atoms with Crippen LogP contribution in [0.15, 0.2) is 47.3 Å². The summed E-state index contributed by atoms with van der Waals surface area (Å²) in [6.45, 7) is 0. The molecule has 6 nitrogen and oxygen atoms in total. The van der Waals surface area contributed by atoms with Crippen molar-refractivity contribution in [2.75, 3.05) is 0 Å². The molecule has 0 atom stereocenters. The van der Waals surface area contributed by atoms with Crippen molar-refractivity contribution >= 4 is 22.5 Å². The molecule has 6 heteroatoms. The summed E-state index contributed by atoms with van der Waals surface area (Å²) in [4.78, 5) is 35.6. The van der Waals surface area contributed by atoms with E-state index in [0.717, 1.165) is 35.0 Å². The molecule has 142 valence electrons. The van der Waals surface area contributed by atoms with Crippen LogP contribution in [0.1, 0.15) is 58.8 Å². The summed E-state index contributed by atoms with van der Waals surface area (Å²) in [6.07, 6.45) is 3.09. The normalized spacial score (nSPS) is 15.1. The van der Waals surface area contributed by atoms with Crippen LogP contribution in [0.5, 0.6) is 0 Å². The number of hydrogen-bond donors (Lipinski definition) is 2. The number of H-pyrrole nitrogens is 1. The fraction of sp³-hybridized carbons (Fsp3) is 0.273. The summed E-state index contributed by atoms with van der Waals surface area (Å²) < 4.78 is 0. The zero-order valence-corrected chi connectivity index (χ0v) is 15.4. The average Bonchev–Trinajstić information content (AvgIpc) is 2.71. The monoisotopic (exact) mass is 375 g/mol. The summed E-state index contributed by atoms with van der Waals surface area (Å²) >= 11 is 0. The second kappa shape index (κ2) is 7.38. The zero-order chi connectivity index (χ0) is 19.7. The third-order valence-electron chi connectivity index (χ3n) is 5.51. The number of carbonyl (C=O) groups is 2. The fourth-order valence-corrected chi connectivity index (χ4v) is 4.03. The number of nitrogens with two attached hydrogens (primary N) is 1. The Hall–Kier alpha value is -3.28. The Morgan fingerprint density at radius 2 is 1.79 bits per heavy atom. The highest BCUT2D eigenvalue weighted by Crippen LogP contribution is 2.34. The van der Waals surface area contributed by atoms with E-state index in [-0.39, 0.29) is 17.3 Å². The molecule has 1 fully saturated rings. The van der Waals surface area contributed by atoms with Gasteiger partial charge in [-0.2, -0.15) is 5.10 Å². The van der Waals surface area contributed by atoms with Gasteiger partial charge < -0.3 is 5.73 Å². The van der Waals surface area contributed by atoms with E-state index in [2.05, 4.69) is 10.2 Å². The van der Waals surface area contributed by atoms with E-state index in [1.54, 1.807) is 6.07 Å². The van der Waals surface area contributed by atoms with Crippen LogP contribution in [0.4, 0.5) is 0 Å². The predicted molar refractivity (Wildman–Crippen MR) is 106 cm³/mol. The van der Waals surface area contributed by atoms with Gasteiger partial charge in [0.1, 0.15) is 5.78 Å². The lowest BCUT2D eigenvalue weighted by molar-refractivity contribution is -0.120. The molecule has 1 aliphatic carbocycles. The molecule has 3 aromatic rings. The van der Waals surface area contributed by atoms with Crippen LogP contribution in [0.2, 0.25) is 0 Å². The van der Waals surface area contributed by atoms with E-state index in [0.29, 0.717) is 30.2 Å². The van der Waals surface area contributed by atoms with E-state index in [9.17, 15) is 14.4 Å². The smallest absolute Gasteiger partial charge is 0.272 e. The number of nitrogens with one attached hydrogen (secondary N) is 1. The van der Waals surface area contributed by atoms with Crippen molar-refractivity contribution in [3.8, 4) is 0 Å². The van der Waals surface area contributed by atoms with Gasteiger partial charge in [0.2, 0.25) is 5.91 Å². The Balaban J connectivity index is 1.69. The molecule has 0 spiro atoms. The zero-order valence-electron chi connectivity index (χ0n) is 15.4. The predicted octanol–water partition coefficient (Wildman–Crippen LogP) is 2.84. The van der Waals surface area contributed by atoms with Gasteiger partial charge in [-0.05, 0) is 42.0 Å². The van der Waals surface area contributed by atoms with Gasteiger partial charge in [-0.15, -0.1) is 0 Å². The molecular weight excluding hydrogens is 354 g/mol. The maximum atomic E-state index is 12.1. The van der Waals surface area contributed by atoms with Gasteiger partial charge in [0, 0.05) is 30.2 Å². The first-order valence-electron chi connectivity index (χ1n) is 9.43. The lowest BCUT2D eigenvalue weighted by Gasteiger charge is -2.23. The van der Waals surface area contributed by atoms with E-state index >= 15 is 0 Å². The minimum Gasteiger partial charge on any atom is -0.366 e. The summed E-state index contributed by atoms with van der Waals surface area (Å²) in [6, 6.07) is 13.1. The molecule has 1 aromatic heterocycles. The van der Waals surface area contributed by atoms with Gasteiger partial charge in [-0.3, -0.25) is 14.4 Å². The van der Waals surface area contributed by atoms with E-state index in [1.165, 1.54) is 0 Å². The molecule has 4 rings (SSSR count). The van der Waals surface area contributed by atoms with Crippen molar-refractivity contribution in [3.05, 3.63) is 75.2 Å². The number of benzene rings is 2. The lowest BCUT2D eigenvalue weighted by atomic mass is 9.81. The standard InChI is InChI=1S/C22H21N3O3/c23-21(27)19-11-13(5-10-16(19)14-6-8-15(26)9-7-14)12-20-17-3-1-2-4-18(17)22(28)25-24-20/h1-5,10-11,14H,6-9,12H2,(H2,23,27)(H,25,28). The topological polar surface area (TPSA) is 106 Å². The minimum atomic E-state index is -0.465. The third kappa shape index (κ3) is 3.45. The van der Waals surface area contributed by atoms with Gasteiger partial charge >= 0.3 is 0 Å². The largest absolute Gasteiger partial charge is 0.366 e. The maximum absolute atomic E-state index is 12.1. The number of fused-ring (bicyclic) bond motifs is 1. The average molecular weight is 375 g/mol. The molecule has 1 amide bonds. The first-order valence-corrected chi connectivity index (χ1v) is 9.43. The number of primary amides is 1. The van der Waals surface area contributed by atoms with Crippen molar-refractivity contribution in [1.29, 1.82) is 0 Å². The number of nitrogens with zero attached hydrogens (tertiary/aromatic N) is 1. The van der Waals surface area contributed by atoms with E-state index in [1.807, 2.05) is 36.4 Å². The summed E-state index contributed by atoms with van der Waals surface area (Å²) in [5, 5.41) is 8.13. The van der Waals surface area contributed by atoms with Crippen LogP contribution in [0, 0.1) is 0 Å². The summed E-state index contributed by atoms with van der Waals surface area (Å²) in [5.74, 6) is -0.00108. The quantitative estimate of drug-likeness (QED) is 0.731. The number of aromatic nitrogens is 2. The molecule has 0 saturated heterocycles. The molecule has 1 heterocycles. The molecule has 0 bridgehead atoms. The first-order chi connectivity index (χ1) is 13.5. The number of carbonyl (C=O) groups excluding carboxylic acids is 2. The number of amides is 1. The number of rotatable bonds is 4. The van der Waals surface area contributed by atoms with Crippen LogP contribution in [0.25, 0.3) is 10.8 Å². The molecule has 0 aliphatic heterocycles. The number of ketones is 1. The maximum Gasteiger partial charge on any atom is 0.272 e. The van der Waals surface area contributed by atoms with Gasteiger partial charge in [0.15, 0.2) is 0 Å². The van der Waals surface area contributed by atoms with Gasteiger partial charge in [-0.25, -0.2) is 5.10 Å². The molecule has 1 saturated carbocycles. The molecule has 0 radical (unpaired) electrons. The van der Waals surface area contributed by atoms with E-state index < -0.39 is 5.91 Å². The van der Waals surface area contributed by atoms with Crippen LogP contribution >= 0.6 is 0 Å². The number of aromatic amines is 1. The Morgan fingerprint density at radius 3 is 2.50 bits per heavy atom. The highest BCUT2D eigenvalue weighted by molar-refractivity contribution is 5.95. The number of hydrogen-bond acceptors (Lipinski definition) is 4.